The van der Waals surface area contributed by atoms with E-state index in [1.54, 1.807) is 11.3 Å². The van der Waals surface area contributed by atoms with Crippen LogP contribution < -0.4 is 5.32 Å². The van der Waals surface area contributed by atoms with Crippen molar-refractivity contribution in [3.63, 3.8) is 0 Å². The third-order valence-electron chi connectivity index (χ3n) is 3.94. The molecule has 2 nitrogen and oxygen atoms in total. The van der Waals surface area contributed by atoms with Crippen LogP contribution in [0.3, 0.4) is 0 Å². The highest BCUT2D eigenvalue weighted by molar-refractivity contribution is 7.80. The summed E-state index contributed by atoms with van der Waals surface area (Å²) < 4.78 is 0. The molecule has 0 amide bonds. The molecule has 1 aromatic heterocycles. The minimum Gasteiger partial charge on any atom is -0.340 e. The smallest absolute Gasteiger partial charge is 0.174 e. The Morgan fingerprint density at radius 3 is 2.56 bits per heavy atom. The van der Waals surface area contributed by atoms with E-state index in [9.17, 15) is 0 Å². The van der Waals surface area contributed by atoms with Gasteiger partial charge in [-0.15, -0.1) is 11.3 Å². The van der Waals surface area contributed by atoms with Crippen LogP contribution in [0.25, 0.3) is 0 Å². The molecule has 25 heavy (non-hydrogen) atoms. The van der Waals surface area contributed by atoms with E-state index in [1.165, 1.54) is 10.4 Å². The van der Waals surface area contributed by atoms with Crippen LogP contribution in [0.2, 0.25) is 5.02 Å². The second-order valence-electron chi connectivity index (χ2n) is 5.76. The predicted octanol–water partition coefficient (Wildman–Crippen LogP) is 6.11. The van der Waals surface area contributed by atoms with Crippen molar-refractivity contribution in [3.05, 3.63) is 87.1 Å². The van der Waals surface area contributed by atoms with Crippen molar-refractivity contribution in [3.8, 4) is 0 Å². The van der Waals surface area contributed by atoms with Gasteiger partial charge in [-0.3, -0.25) is 0 Å². The summed E-state index contributed by atoms with van der Waals surface area (Å²) in [6, 6.07) is 20.4. The lowest BCUT2D eigenvalue weighted by Gasteiger charge is -2.26. The fraction of sp³-hybridized carbons (Fsp3) is 0.150. The number of nitrogens with one attached hydrogen (secondary N) is 1. The summed E-state index contributed by atoms with van der Waals surface area (Å²) in [6.45, 7) is 3.52. The average Bonchev–Trinajstić information content (AvgIpc) is 3.12. The maximum Gasteiger partial charge on any atom is 0.174 e. The van der Waals surface area contributed by atoms with Gasteiger partial charge in [0.15, 0.2) is 5.11 Å². The topological polar surface area (TPSA) is 15.3 Å². The molecule has 1 heterocycles. The maximum atomic E-state index is 6.23. The van der Waals surface area contributed by atoms with Crippen LogP contribution in [-0.4, -0.2) is 10.0 Å². The van der Waals surface area contributed by atoms with Crippen molar-refractivity contribution in [1.82, 2.24) is 4.90 Å². The molecule has 3 aromatic rings. The molecule has 0 aliphatic rings. The zero-order valence-corrected chi connectivity index (χ0v) is 16.3. The van der Waals surface area contributed by atoms with E-state index in [4.69, 9.17) is 23.8 Å². The highest BCUT2D eigenvalue weighted by atomic mass is 35.5. The van der Waals surface area contributed by atoms with E-state index < -0.39 is 0 Å². The molecule has 0 spiro atoms. The fourth-order valence-corrected chi connectivity index (χ4v) is 3.66. The molecule has 5 heteroatoms. The number of anilines is 1. The van der Waals surface area contributed by atoms with Gasteiger partial charge in [-0.25, -0.2) is 0 Å². The predicted molar refractivity (Wildman–Crippen MR) is 112 cm³/mol. The van der Waals surface area contributed by atoms with Crippen LogP contribution in [0.1, 0.15) is 16.0 Å². The molecule has 0 unspecified atom stereocenters. The summed E-state index contributed by atoms with van der Waals surface area (Å²) in [4.78, 5) is 3.46. The number of rotatable bonds is 5. The number of thiocarbonyl (C=S) groups is 1. The summed E-state index contributed by atoms with van der Waals surface area (Å²) in [6.07, 6.45) is 0. The van der Waals surface area contributed by atoms with Crippen LogP contribution in [-0.2, 0) is 13.1 Å². The Bertz CT molecular complexity index is 832. The lowest BCUT2D eigenvalue weighted by atomic mass is 10.2. The minimum atomic E-state index is 0.697. The van der Waals surface area contributed by atoms with E-state index in [0.29, 0.717) is 5.11 Å². The highest BCUT2D eigenvalue weighted by Gasteiger charge is 2.13. The van der Waals surface area contributed by atoms with E-state index in [0.717, 1.165) is 29.4 Å². The van der Waals surface area contributed by atoms with Crippen molar-refractivity contribution in [2.75, 3.05) is 5.32 Å². The first kappa shape index (κ1) is 17.9. The number of thiophene rings is 1. The Labute approximate surface area is 163 Å². The fourth-order valence-electron chi connectivity index (χ4n) is 2.53. The van der Waals surface area contributed by atoms with Gasteiger partial charge in [0.2, 0.25) is 0 Å². The van der Waals surface area contributed by atoms with Crippen molar-refractivity contribution in [2.45, 2.75) is 20.0 Å². The van der Waals surface area contributed by atoms with Gasteiger partial charge in [0, 0.05) is 22.1 Å². The first-order valence-electron chi connectivity index (χ1n) is 8.01. The van der Waals surface area contributed by atoms with Gasteiger partial charge < -0.3 is 10.2 Å². The van der Waals surface area contributed by atoms with Crippen LogP contribution in [0.4, 0.5) is 5.69 Å². The van der Waals surface area contributed by atoms with Gasteiger partial charge in [-0.2, -0.15) is 0 Å². The van der Waals surface area contributed by atoms with Gasteiger partial charge in [-0.1, -0.05) is 54.1 Å². The molecule has 0 aliphatic carbocycles. The summed E-state index contributed by atoms with van der Waals surface area (Å²) in [5.41, 5.74) is 3.18. The van der Waals surface area contributed by atoms with Crippen molar-refractivity contribution >= 4 is 46.0 Å². The van der Waals surface area contributed by atoms with Crippen molar-refractivity contribution in [1.29, 1.82) is 0 Å². The standard InChI is InChI=1S/C20H19ClN2S2/c1-15-18(21)10-5-11-19(15)22-20(24)23(14-17-9-6-12-25-17)13-16-7-3-2-4-8-16/h2-12H,13-14H2,1H3,(H,22,24). The lowest BCUT2D eigenvalue weighted by Crippen LogP contribution is -2.33. The van der Waals surface area contributed by atoms with Crippen molar-refractivity contribution < 1.29 is 0 Å². The molecule has 128 valence electrons. The van der Waals surface area contributed by atoms with Crippen LogP contribution in [0.15, 0.2) is 66.0 Å². The van der Waals surface area contributed by atoms with Crippen molar-refractivity contribution in [2.24, 2.45) is 0 Å². The minimum absolute atomic E-state index is 0.697. The van der Waals surface area contributed by atoms with E-state index in [2.05, 4.69) is 52.0 Å². The molecule has 0 saturated heterocycles. The molecule has 3 rings (SSSR count). The lowest BCUT2D eigenvalue weighted by molar-refractivity contribution is 0.416. The summed E-state index contributed by atoms with van der Waals surface area (Å²) in [7, 11) is 0. The number of benzene rings is 2. The Morgan fingerprint density at radius 2 is 1.84 bits per heavy atom. The molecule has 0 fully saturated rings. The normalized spacial score (nSPS) is 10.5. The van der Waals surface area contributed by atoms with Crippen LogP contribution in [0.5, 0.6) is 0 Å². The third-order valence-corrected chi connectivity index (χ3v) is 5.57. The SMILES string of the molecule is Cc1c(Cl)cccc1NC(=S)N(Cc1ccccc1)Cc1cccs1. The quantitative estimate of drug-likeness (QED) is 0.532. The molecule has 1 N–H and O–H groups in total. The monoisotopic (exact) mass is 386 g/mol. The summed E-state index contributed by atoms with van der Waals surface area (Å²) >= 11 is 13.7. The van der Waals surface area contributed by atoms with E-state index in [-0.39, 0.29) is 0 Å². The zero-order valence-electron chi connectivity index (χ0n) is 13.9. The Balaban J connectivity index is 1.79. The Hall–Kier alpha value is -1.88. The summed E-state index contributed by atoms with van der Waals surface area (Å²) in [5, 5.41) is 6.89. The Kier molecular flexibility index (Phi) is 6.08. The van der Waals surface area contributed by atoms with Gasteiger partial charge in [0.25, 0.3) is 0 Å². The number of halogens is 1. The molecule has 0 saturated carbocycles. The molecular weight excluding hydrogens is 368 g/mol. The van der Waals surface area contributed by atoms with E-state index in [1.807, 2.05) is 31.2 Å². The van der Waals surface area contributed by atoms with Gasteiger partial charge >= 0.3 is 0 Å². The largest absolute Gasteiger partial charge is 0.340 e. The second kappa shape index (κ2) is 8.48. The van der Waals surface area contributed by atoms with Gasteiger partial charge in [0.1, 0.15) is 0 Å². The molecular formula is C20H19ClN2S2. The number of hydrogen-bond donors (Lipinski definition) is 1. The molecule has 0 bridgehead atoms. The van der Waals surface area contributed by atoms with Crippen LogP contribution in [0, 0.1) is 6.92 Å². The number of nitrogens with zero attached hydrogens (tertiary/aromatic N) is 1. The summed E-state index contributed by atoms with van der Waals surface area (Å²) in [5.74, 6) is 0. The maximum absolute atomic E-state index is 6.23. The molecule has 0 radical (unpaired) electrons. The molecule has 0 aliphatic heterocycles. The zero-order chi connectivity index (χ0) is 17.6. The first-order chi connectivity index (χ1) is 12.1. The van der Waals surface area contributed by atoms with Crippen LogP contribution >= 0.6 is 35.2 Å². The van der Waals surface area contributed by atoms with E-state index >= 15 is 0 Å². The molecule has 2 aromatic carbocycles. The highest BCUT2D eigenvalue weighted by Crippen LogP contribution is 2.24. The third kappa shape index (κ3) is 4.82. The Morgan fingerprint density at radius 1 is 1.04 bits per heavy atom. The first-order valence-corrected chi connectivity index (χ1v) is 9.67. The second-order valence-corrected chi connectivity index (χ2v) is 7.59. The average molecular weight is 387 g/mol. The van der Waals surface area contributed by atoms with Gasteiger partial charge in [-0.05, 0) is 53.8 Å². The molecule has 0 atom stereocenters. The van der Waals surface area contributed by atoms with Gasteiger partial charge in [0.05, 0.1) is 6.54 Å². The number of hydrogen-bond acceptors (Lipinski definition) is 2.